The van der Waals surface area contributed by atoms with E-state index >= 15 is 0 Å². The summed E-state index contributed by atoms with van der Waals surface area (Å²) in [5, 5.41) is 0.253. The largest absolute Gasteiger partial charge is 0.335 e. The average molecular weight is 313 g/mol. The lowest BCUT2D eigenvalue weighted by atomic mass is 10.1. The Bertz CT molecular complexity index is 475. The molecule has 0 saturated carbocycles. The van der Waals surface area contributed by atoms with Crippen LogP contribution < -0.4 is 11.3 Å². The van der Waals surface area contributed by atoms with E-state index < -0.39 is 0 Å². The molecule has 0 radical (unpaired) electrons. The van der Waals surface area contributed by atoms with E-state index in [0.717, 1.165) is 19.4 Å². The van der Waals surface area contributed by atoms with Gasteiger partial charge in [-0.25, -0.2) is 10.8 Å². The lowest BCUT2D eigenvalue weighted by Crippen LogP contribution is -2.42. The van der Waals surface area contributed by atoms with Crippen LogP contribution in [-0.4, -0.2) is 28.4 Å². The Hall–Kier alpha value is -1.33. The standard InChI is InChI=1S/C15H25ClN4O/c1-5-12(6-2)20(9-10(3)4)15(21)11-7-13(16)18-14(8-11)19-17/h7-8,10,12H,5-6,9,17H2,1-4H3,(H,18,19). The molecule has 5 nitrogen and oxygen atoms in total. The maximum atomic E-state index is 12.8. The van der Waals surface area contributed by atoms with Gasteiger partial charge in [0.1, 0.15) is 11.0 Å². The molecule has 6 heteroatoms. The number of aromatic nitrogens is 1. The lowest BCUT2D eigenvalue weighted by Gasteiger charge is -2.32. The molecule has 118 valence electrons. The van der Waals surface area contributed by atoms with Crippen molar-refractivity contribution in [3.05, 3.63) is 22.8 Å². The van der Waals surface area contributed by atoms with Crippen molar-refractivity contribution in [1.29, 1.82) is 0 Å². The number of nitrogens with one attached hydrogen (secondary N) is 1. The van der Waals surface area contributed by atoms with Gasteiger partial charge in [0.05, 0.1) is 0 Å². The smallest absolute Gasteiger partial charge is 0.254 e. The minimum atomic E-state index is -0.0294. The molecule has 0 unspecified atom stereocenters. The number of amides is 1. The summed E-state index contributed by atoms with van der Waals surface area (Å²) in [6.45, 7) is 9.13. The predicted octanol–water partition coefficient (Wildman–Crippen LogP) is 3.31. The highest BCUT2D eigenvalue weighted by Crippen LogP contribution is 2.19. The molecule has 0 atom stereocenters. The Kier molecular flexibility index (Phi) is 6.92. The molecule has 1 amide bonds. The van der Waals surface area contributed by atoms with Gasteiger partial charge in [-0.15, -0.1) is 0 Å². The van der Waals surface area contributed by atoms with E-state index in [-0.39, 0.29) is 17.1 Å². The maximum Gasteiger partial charge on any atom is 0.254 e. The Morgan fingerprint density at radius 3 is 2.48 bits per heavy atom. The Morgan fingerprint density at radius 1 is 1.38 bits per heavy atom. The van der Waals surface area contributed by atoms with Gasteiger partial charge in [0, 0.05) is 18.2 Å². The first kappa shape index (κ1) is 17.7. The third-order valence-corrected chi connectivity index (χ3v) is 3.59. The van der Waals surface area contributed by atoms with Crippen molar-refractivity contribution >= 4 is 23.3 Å². The summed E-state index contributed by atoms with van der Waals surface area (Å²) in [5.41, 5.74) is 2.94. The van der Waals surface area contributed by atoms with Crippen LogP contribution in [0.15, 0.2) is 12.1 Å². The Balaban J connectivity index is 3.12. The van der Waals surface area contributed by atoms with E-state index in [9.17, 15) is 4.79 Å². The van der Waals surface area contributed by atoms with Gasteiger partial charge in [-0.05, 0) is 30.9 Å². The van der Waals surface area contributed by atoms with E-state index in [1.165, 1.54) is 0 Å². The fraction of sp³-hybridized carbons (Fsp3) is 0.600. The van der Waals surface area contributed by atoms with Gasteiger partial charge >= 0.3 is 0 Å². The van der Waals surface area contributed by atoms with Crippen LogP contribution >= 0.6 is 11.6 Å². The first-order chi connectivity index (χ1) is 9.92. The number of rotatable bonds is 7. The van der Waals surface area contributed by atoms with Gasteiger partial charge in [-0.3, -0.25) is 4.79 Å². The number of hydrogen-bond acceptors (Lipinski definition) is 4. The molecular weight excluding hydrogens is 288 g/mol. The van der Waals surface area contributed by atoms with Crippen LogP contribution in [0, 0.1) is 5.92 Å². The number of carbonyl (C=O) groups excluding carboxylic acids is 1. The molecule has 1 rings (SSSR count). The molecular formula is C15H25ClN4O. The van der Waals surface area contributed by atoms with Crippen LogP contribution in [0.2, 0.25) is 5.15 Å². The first-order valence-corrected chi connectivity index (χ1v) is 7.75. The topological polar surface area (TPSA) is 71.2 Å². The van der Waals surface area contributed by atoms with Crippen molar-refractivity contribution in [2.75, 3.05) is 12.0 Å². The summed E-state index contributed by atoms with van der Waals surface area (Å²) in [6.07, 6.45) is 1.85. The number of carbonyl (C=O) groups is 1. The lowest BCUT2D eigenvalue weighted by molar-refractivity contribution is 0.0640. The molecule has 0 spiro atoms. The SMILES string of the molecule is CCC(CC)N(CC(C)C)C(=O)c1cc(Cl)nc(NN)c1. The highest BCUT2D eigenvalue weighted by molar-refractivity contribution is 6.29. The Morgan fingerprint density at radius 2 is 2.00 bits per heavy atom. The monoisotopic (exact) mass is 312 g/mol. The van der Waals surface area contributed by atoms with Crippen LogP contribution in [0.5, 0.6) is 0 Å². The summed E-state index contributed by atoms with van der Waals surface area (Å²) < 4.78 is 0. The number of pyridine rings is 1. The van der Waals surface area contributed by atoms with Crippen molar-refractivity contribution in [3.8, 4) is 0 Å². The summed E-state index contributed by atoms with van der Waals surface area (Å²) in [7, 11) is 0. The second-order valence-electron chi connectivity index (χ2n) is 5.53. The maximum absolute atomic E-state index is 12.8. The number of nitrogens with two attached hydrogens (primary N) is 1. The zero-order valence-corrected chi connectivity index (χ0v) is 13.9. The average Bonchev–Trinajstić information content (AvgIpc) is 2.45. The number of hydrazine groups is 1. The predicted molar refractivity (Wildman–Crippen MR) is 87.3 cm³/mol. The molecule has 0 bridgehead atoms. The van der Waals surface area contributed by atoms with Gasteiger partial charge in [-0.1, -0.05) is 39.3 Å². The fourth-order valence-electron chi connectivity index (χ4n) is 2.38. The third kappa shape index (κ3) is 4.86. The van der Waals surface area contributed by atoms with E-state index in [0.29, 0.717) is 17.3 Å². The molecule has 0 aromatic carbocycles. The Labute approximate surface area is 131 Å². The van der Waals surface area contributed by atoms with Crippen molar-refractivity contribution < 1.29 is 4.79 Å². The van der Waals surface area contributed by atoms with Crippen LogP contribution in [0.3, 0.4) is 0 Å². The number of halogens is 1. The van der Waals surface area contributed by atoms with Crippen molar-refractivity contribution in [2.45, 2.75) is 46.6 Å². The number of hydrogen-bond donors (Lipinski definition) is 2. The van der Waals surface area contributed by atoms with E-state index in [1.54, 1.807) is 12.1 Å². The number of nitrogens with zero attached hydrogens (tertiary/aromatic N) is 2. The third-order valence-electron chi connectivity index (χ3n) is 3.39. The minimum absolute atomic E-state index is 0.0294. The van der Waals surface area contributed by atoms with Crippen molar-refractivity contribution in [2.24, 2.45) is 11.8 Å². The zero-order valence-electron chi connectivity index (χ0n) is 13.2. The molecule has 0 fully saturated rings. The molecule has 0 saturated heterocycles. The molecule has 1 aromatic rings. The van der Waals surface area contributed by atoms with E-state index in [1.807, 2.05) is 4.90 Å². The molecule has 0 aliphatic rings. The van der Waals surface area contributed by atoms with Crippen LogP contribution in [0.1, 0.15) is 50.9 Å². The van der Waals surface area contributed by atoms with Crippen LogP contribution in [0.25, 0.3) is 0 Å². The first-order valence-electron chi connectivity index (χ1n) is 7.38. The van der Waals surface area contributed by atoms with Crippen LogP contribution in [-0.2, 0) is 0 Å². The minimum Gasteiger partial charge on any atom is -0.335 e. The molecule has 3 N–H and O–H groups in total. The second-order valence-corrected chi connectivity index (χ2v) is 5.92. The van der Waals surface area contributed by atoms with Gasteiger partial charge in [-0.2, -0.15) is 0 Å². The summed E-state index contributed by atoms with van der Waals surface area (Å²) in [6, 6.07) is 3.44. The molecule has 0 aliphatic carbocycles. The van der Waals surface area contributed by atoms with E-state index in [2.05, 4.69) is 38.1 Å². The number of nitrogen functional groups attached to an aromatic ring is 1. The fourth-order valence-corrected chi connectivity index (χ4v) is 2.59. The quantitative estimate of drug-likeness (QED) is 0.460. The van der Waals surface area contributed by atoms with Gasteiger partial charge in [0.25, 0.3) is 5.91 Å². The van der Waals surface area contributed by atoms with Crippen LogP contribution in [0.4, 0.5) is 5.82 Å². The molecule has 1 aromatic heterocycles. The normalized spacial score (nSPS) is 11.0. The van der Waals surface area contributed by atoms with Crippen molar-refractivity contribution in [3.63, 3.8) is 0 Å². The second kappa shape index (κ2) is 8.20. The zero-order chi connectivity index (χ0) is 16.0. The van der Waals surface area contributed by atoms with E-state index in [4.69, 9.17) is 17.4 Å². The summed E-state index contributed by atoms with van der Waals surface area (Å²) >= 11 is 5.95. The van der Waals surface area contributed by atoms with Gasteiger partial charge in [0.15, 0.2) is 0 Å². The molecule has 21 heavy (non-hydrogen) atoms. The van der Waals surface area contributed by atoms with Gasteiger partial charge in [0.2, 0.25) is 0 Å². The highest BCUT2D eigenvalue weighted by atomic mass is 35.5. The van der Waals surface area contributed by atoms with Gasteiger partial charge < -0.3 is 10.3 Å². The highest BCUT2D eigenvalue weighted by Gasteiger charge is 2.24. The van der Waals surface area contributed by atoms with Crippen molar-refractivity contribution in [1.82, 2.24) is 9.88 Å². The number of anilines is 1. The molecule has 1 heterocycles. The molecule has 0 aliphatic heterocycles. The summed E-state index contributed by atoms with van der Waals surface area (Å²) in [4.78, 5) is 18.8. The summed E-state index contributed by atoms with van der Waals surface area (Å²) in [5.74, 6) is 6.12.